The van der Waals surface area contributed by atoms with E-state index in [1.165, 1.54) is 15.6 Å². The minimum absolute atomic E-state index is 0.172. The molecule has 0 bridgehead atoms. The maximum atomic E-state index is 12.4. The molecule has 2 aromatic heterocycles. The second-order valence-electron chi connectivity index (χ2n) is 5.54. The Morgan fingerprint density at radius 1 is 1.04 bits per heavy atom. The van der Waals surface area contributed by atoms with Crippen molar-refractivity contribution >= 4 is 0 Å². The maximum absolute atomic E-state index is 12.4. The average Bonchev–Trinajstić information content (AvgIpc) is 3.30. The smallest absolute Gasteiger partial charge is 0.368 e. The number of oxazole rings is 1. The van der Waals surface area contributed by atoms with Crippen molar-refractivity contribution in [2.75, 3.05) is 7.11 Å². The van der Waals surface area contributed by atoms with Crippen molar-refractivity contribution in [1.29, 1.82) is 0 Å². The number of para-hydroxylation sites is 1. The topological polar surface area (TPSA) is 88.0 Å². The van der Waals surface area contributed by atoms with Crippen LogP contribution in [0.15, 0.2) is 70.1 Å². The fourth-order valence-corrected chi connectivity index (χ4v) is 2.50. The molecule has 0 aliphatic carbocycles. The molecule has 0 unspecified atom stereocenters. The summed E-state index contributed by atoms with van der Waals surface area (Å²) in [5.41, 5.74) is 1.71. The summed E-state index contributed by atoms with van der Waals surface area (Å²) in [5, 5.41) is 7.82. The summed E-state index contributed by atoms with van der Waals surface area (Å²) in [5.74, 6) is 1.22. The molecule has 8 heteroatoms. The first-order valence-electron chi connectivity index (χ1n) is 7.91. The van der Waals surface area contributed by atoms with Gasteiger partial charge < -0.3 is 9.15 Å². The molecule has 0 saturated heterocycles. The third-order valence-corrected chi connectivity index (χ3v) is 3.84. The van der Waals surface area contributed by atoms with Gasteiger partial charge >= 0.3 is 5.69 Å². The fraction of sp³-hybridized carbons (Fsp3) is 0.111. The van der Waals surface area contributed by atoms with Crippen LogP contribution in [0.1, 0.15) is 5.69 Å². The zero-order chi connectivity index (χ0) is 17.9. The molecule has 2 heterocycles. The monoisotopic (exact) mass is 349 g/mol. The summed E-state index contributed by atoms with van der Waals surface area (Å²) in [4.78, 5) is 16.9. The van der Waals surface area contributed by atoms with E-state index in [0.717, 1.165) is 11.3 Å². The zero-order valence-corrected chi connectivity index (χ0v) is 13.9. The Bertz CT molecular complexity index is 1060. The van der Waals surface area contributed by atoms with Gasteiger partial charge in [-0.05, 0) is 46.8 Å². The molecule has 26 heavy (non-hydrogen) atoms. The lowest BCUT2D eigenvalue weighted by molar-refractivity contribution is 0.415. The zero-order valence-electron chi connectivity index (χ0n) is 13.9. The van der Waals surface area contributed by atoms with E-state index in [0.29, 0.717) is 17.3 Å². The van der Waals surface area contributed by atoms with Crippen molar-refractivity contribution in [1.82, 2.24) is 24.8 Å². The van der Waals surface area contributed by atoms with Crippen molar-refractivity contribution < 1.29 is 9.15 Å². The number of hydrogen-bond acceptors (Lipinski definition) is 6. The van der Waals surface area contributed by atoms with Crippen molar-refractivity contribution in [3.63, 3.8) is 0 Å². The number of methoxy groups -OCH3 is 1. The Balaban J connectivity index is 1.56. The first-order chi connectivity index (χ1) is 12.7. The summed E-state index contributed by atoms with van der Waals surface area (Å²) in [7, 11) is 1.61. The number of rotatable bonds is 5. The molecule has 4 aromatic rings. The number of tetrazole rings is 1. The molecule has 8 nitrogen and oxygen atoms in total. The first-order valence-corrected chi connectivity index (χ1v) is 7.91. The highest BCUT2D eigenvalue weighted by atomic mass is 16.5. The van der Waals surface area contributed by atoms with E-state index in [4.69, 9.17) is 9.15 Å². The minimum Gasteiger partial charge on any atom is -0.497 e. The highest BCUT2D eigenvalue weighted by Crippen LogP contribution is 2.21. The molecule has 0 saturated carbocycles. The van der Waals surface area contributed by atoms with E-state index in [-0.39, 0.29) is 12.2 Å². The third kappa shape index (κ3) is 3.00. The molecule has 0 atom stereocenters. The summed E-state index contributed by atoms with van der Waals surface area (Å²) in [6, 6.07) is 16.5. The number of ether oxygens (including phenoxy) is 1. The van der Waals surface area contributed by atoms with E-state index in [1.807, 2.05) is 42.5 Å². The molecular formula is C18H15N5O3. The Kier molecular flexibility index (Phi) is 4.06. The highest BCUT2D eigenvalue weighted by molar-refractivity contribution is 5.54. The lowest BCUT2D eigenvalue weighted by Gasteiger charge is -1.99. The second-order valence-corrected chi connectivity index (χ2v) is 5.54. The van der Waals surface area contributed by atoms with Crippen LogP contribution in [-0.2, 0) is 6.54 Å². The van der Waals surface area contributed by atoms with E-state index >= 15 is 0 Å². The lowest BCUT2D eigenvalue weighted by Crippen LogP contribution is -2.24. The largest absolute Gasteiger partial charge is 0.497 e. The normalized spacial score (nSPS) is 10.8. The number of benzene rings is 2. The molecular weight excluding hydrogens is 334 g/mol. The van der Waals surface area contributed by atoms with E-state index in [2.05, 4.69) is 15.4 Å². The summed E-state index contributed by atoms with van der Waals surface area (Å²) >= 11 is 0. The van der Waals surface area contributed by atoms with Gasteiger partial charge in [0.1, 0.15) is 17.7 Å². The lowest BCUT2D eigenvalue weighted by atomic mass is 10.2. The Morgan fingerprint density at radius 3 is 2.54 bits per heavy atom. The molecule has 130 valence electrons. The molecule has 4 rings (SSSR count). The van der Waals surface area contributed by atoms with Crippen molar-refractivity contribution in [2.24, 2.45) is 0 Å². The Labute approximate surface area is 148 Å². The van der Waals surface area contributed by atoms with E-state index in [1.54, 1.807) is 19.2 Å². The summed E-state index contributed by atoms with van der Waals surface area (Å²) < 4.78 is 13.1. The van der Waals surface area contributed by atoms with Gasteiger partial charge in [-0.15, -0.1) is 0 Å². The van der Waals surface area contributed by atoms with Crippen LogP contribution in [0.2, 0.25) is 0 Å². The first kappa shape index (κ1) is 15.8. The average molecular weight is 349 g/mol. The standard InChI is InChI=1S/C18H15N5O3/c1-25-16-9-7-13(8-10-16)17-19-14(12-26-17)11-22-18(24)23(21-20-22)15-5-3-2-4-6-15/h2-10,12H,11H2,1H3. The van der Waals surface area contributed by atoms with Gasteiger partial charge in [0.15, 0.2) is 0 Å². The van der Waals surface area contributed by atoms with Gasteiger partial charge in [0, 0.05) is 5.56 Å². The third-order valence-electron chi connectivity index (χ3n) is 3.84. The van der Waals surface area contributed by atoms with Crippen LogP contribution in [0.25, 0.3) is 17.1 Å². The Morgan fingerprint density at radius 2 is 1.81 bits per heavy atom. The van der Waals surface area contributed by atoms with Crippen molar-refractivity contribution in [2.45, 2.75) is 6.54 Å². The number of aromatic nitrogens is 5. The van der Waals surface area contributed by atoms with Crippen molar-refractivity contribution in [3.8, 4) is 22.9 Å². The van der Waals surface area contributed by atoms with E-state index in [9.17, 15) is 4.79 Å². The van der Waals surface area contributed by atoms with Crippen LogP contribution >= 0.6 is 0 Å². The van der Waals surface area contributed by atoms with Gasteiger partial charge in [-0.2, -0.15) is 9.36 Å². The SMILES string of the molecule is COc1ccc(-c2nc(Cn3nnn(-c4ccccc4)c3=O)co2)cc1. The van der Waals surface area contributed by atoms with Gasteiger partial charge in [0.05, 0.1) is 19.3 Å². The molecule has 0 aliphatic heterocycles. The van der Waals surface area contributed by atoms with Crippen LogP contribution in [0.5, 0.6) is 5.75 Å². The summed E-state index contributed by atoms with van der Waals surface area (Å²) in [6.07, 6.45) is 1.51. The van der Waals surface area contributed by atoms with Gasteiger partial charge in [-0.1, -0.05) is 18.2 Å². The maximum Gasteiger partial charge on any atom is 0.368 e. The van der Waals surface area contributed by atoms with Crippen LogP contribution in [0.3, 0.4) is 0 Å². The molecule has 0 amide bonds. The van der Waals surface area contributed by atoms with Gasteiger partial charge in [-0.25, -0.2) is 9.78 Å². The predicted octanol–water partition coefficient (Wildman–Crippen LogP) is 2.14. The molecule has 0 fully saturated rings. The fourth-order valence-electron chi connectivity index (χ4n) is 2.50. The highest BCUT2D eigenvalue weighted by Gasteiger charge is 2.12. The van der Waals surface area contributed by atoms with Crippen LogP contribution in [-0.4, -0.2) is 31.9 Å². The Hall–Kier alpha value is -3.68. The van der Waals surface area contributed by atoms with Gasteiger partial charge in [0.2, 0.25) is 5.89 Å². The van der Waals surface area contributed by atoms with Crippen LogP contribution in [0, 0.1) is 0 Å². The van der Waals surface area contributed by atoms with Crippen LogP contribution in [0.4, 0.5) is 0 Å². The van der Waals surface area contributed by atoms with Crippen molar-refractivity contribution in [3.05, 3.63) is 77.0 Å². The second kappa shape index (κ2) is 6.67. The quantitative estimate of drug-likeness (QED) is 0.548. The summed E-state index contributed by atoms with van der Waals surface area (Å²) in [6.45, 7) is 0.172. The van der Waals surface area contributed by atoms with E-state index < -0.39 is 0 Å². The molecule has 0 aliphatic rings. The molecule has 0 spiro atoms. The van der Waals surface area contributed by atoms with Crippen LogP contribution < -0.4 is 10.4 Å². The number of hydrogen-bond donors (Lipinski definition) is 0. The molecule has 0 N–H and O–H groups in total. The number of nitrogens with zero attached hydrogens (tertiary/aromatic N) is 5. The molecule has 2 aromatic carbocycles. The minimum atomic E-state index is -0.342. The van der Waals surface area contributed by atoms with Gasteiger partial charge in [-0.3, -0.25) is 0 Å². The van der Waals surface area contributed by atoms with Gasteiger partial charge in [0.25, 0.3) is 0 Å². The predicted molar refractivity (Wildman–Crippen MR) is 93.2 cm³/mol. The molecule has 0 radical (unpaired) electrons.